The van der Waals surface area contributed by atoms with Crippen LogP contribution in [0.4, 0.5) is 0 Å². The summed E-state index contributed by atoms with van der Waals surface area (Å²) >= 11 is 0. The Kier molecular flexibility index (Phi) is 3.55. The van der Waals surface area contributed by atoms with Gasteiger partial charge in [-0.15, -0.1) is 0 Å². The summed E-state index contributed by atoms with van der Waals surface area (Å²) in [6, 6.07) is 7.28. The molecule has 3 aromatic rings. The Hall–Kier alpha value is -2.45. The van der Waals surface area contributed by atoms with Crippen LogP contribution in [0.3, 0.4) is 0 Å². The van der Waals surface area contributed by atoms with Crippen LogP contribution in [0.1, 0.15) is 18.5 Å². The molecule has 0 saturated heterocycles. The number of hydrogen-bond acceptors (Lipinski definition) is 5. The van der Waals surface area contributed by atoms with Gasteiger partial charge >= 0.3 is 5.76 Å². The Morgan fingerprint density at radius 1 is 1.23 bits per heavy atom. The van der Waals surface area contributed by atoms with Crippen molar-refractivity contribution in [3.63, 3.8) is 0 Å². The fraction of sp³-hybridized carbons (Fsp3) is 0.143. The minimum atomic E-state index is -3.74. The maximum Gasteiger partial charge on any atom is 0.417 e. The number of fused-ring (bicyclic) bond motifs is 1. The number of hydrogen-bond donors (Lipinski definition) is 2. The van der Waals surface area contributed by atoms with Crippen LogP contribution < -0.4 is 10.5 Å². The first-order valence-electron chi connectivity index (χ1n) is 6.51. The van der Waals surface area contributed by atoms with Crippen LogP contribution in [0, 0.1) is 0 Å². The molecule has 2 heterocycles. The Morgan fingerprint density at radius 2 is 1.95 bits per heavy atom. The predicted molar refractivity (Wildman–Crippen MR) is 79.8 cm³/mol. The molecule has 0 aliphatic rings. The zero-order valence-corrected chi connectivity index (χ0v) is 12.4. The fourth-order valence-corrected chi connectivity index (χ4v) is 3.36. The van der Waals surface area contributed by atoms with Gasteiger partial charge < -0.3 is 4.42 Å². The second-order valence-corrected chi connectivity index (χ2v) is 6.51. The molecular weight excluding hydrogens is 306 g/mol. The first kappa shape index (κ1) is 14.5. The monoisotopic (exact) mass is 319 g/mol. The maximum atomic E-state index is 12.4. The molecule has 0 fully saturated rings. The normalized spacial score (nSPS) is 13.3. The number of pyridine rings is 1. The van der Waals surface area contributed by atoms with Crippen LogP contribution >= 0.6 is 0 Å². The maximum absolute atomic E-state index is 12.4. The van der Waals surface area contributed by atoms with E-state index in [1.165, 1.54) is 18.2 Å². The molecule has 0 bridgehead atoms. The fourth-order valence-electron chi connectivity index (χ4n) is 2.11. The molecule has 0 aliphatic heterocycles. The van der Waals surface area contributed by atoms with Crippen molar-refractivity contribution in [3.05, 3.63) is 58.8 Å². The predicted octanol–water partition coefficient (Wildman–Crippen LogP) is 1.56. The van der Waals surface area contributed by atoms with E-state index in [4.69, 9.17) is 4.42 Å². The molecule has 1 atom stereocenters. The second-order valence-electron chi connectivity index (χ2n) is 4.80. The van der Waals surface area contributed by atoms with E-state index < -0.39 is 21.8 Å². The first-order valence-corrected chi connectivity index (χ1v) is 7.99. The Labute approximate surface area is 126 Å². The van der Waals surface area contributed by atoms with Gasteiger partial charge in [-0.2, -0.15) is 0 Å². The van der Waals surface area contributed by atoms with Crippen LogP contribution in [-0.4, -0.2) is 18.4 Å². The number of benzene rings is 1. The van der Waals surface area contributed by atoms with Crippen molar-refractivity contribution in [1.29, 1.82) is 0 Å². The summed E-state index contributed by atoms with van der Waals surface area (Å²) in [7, 11) is -3.74. The third-order valence-corrected chi connectivity index (χ3v) is 4.78. The van der Waals surface area contributed by atoms with Crippen molar-refractivity contribution < 1.29 is 12.8 Å². The average Bonchev–Trinajstić information content (AvgIpc) is 2.86. The molecule has 0 radical (unpaired) electrons. The van der Waals surface area contributed by atoms with Crippen molar-refractivity contribution in [2.45, 2.75) is 17.9 Å². The molecule has 8 heteroatoms. The lowest BCUT2D eigenvalue weighted by Gasteiger charge is -2.14. The number of nitrogens with one attached hydrogen (secondary N) is 2. The van der Waals surface area contributed by atoms with Crippen LogP contribution in [0.25, 0.3) is 11.1 Å². The number of sulfonamides is 1. The molecule has 114 valence electrons. The standard InChI is InChI=1S/C14H13N3O4S/c1-9(10-4-6-15-7-5-10)17-22(19,20)11-2-3-12-13(8-11)21-14(18)16-12/h2-9,17H,1H3,(H,16,18). The lowest BCUT2D eigenvalue weighted by Crippen LogP contribution is -2.26. The molecular formula is C14H13N3O4S. The summed E-state index contributed by atoms with van der Waals surface area (Å²) in [4.78, 5) is 17.5. The molecule has 0 amide bonds. The smallest absolute Gasteiger partial charge is 0.408 e. The molecule has 0 spiro atoms. The van der Waals surface area contributed by atoms with Gasteiger partial charge in [0.2, 0.25) is 10.0 Å². The number of aromatic amines is 1. The Bertz CT molecular complexity index is 960. The molecule has 1 aromatic carbocycles. The number of aromatic nitrogens is 2. The Balaban J connectivity index is 1.92. The quantitative estimate of drug-likeness (QED) is 0.759. The highest BCUT2D eigenvalue weighted by Crippen LogP contribution is 2.19. The SMILES string of the molecule is CC(NS(=O)(=O)c1ccc2[nH]c(=O)oc2c1)c1ccncc1. The molecule has 2 N–H and O–H groups in total. The van der Waals surface area contributed by atoms with Gasteiger partial charge in [0.05, 0.1) is 10.4 Å². The third-order valence-electron chi connectivity index (χ3n) is 3.24. The van der Waals surface area contributed by atoms with E-state index in [0.29, 0.717) is 5.52 Å². The van der Waals surface area contributed by atoms with Gasteiger partial charge in [0, 0.05) is 24.5 Å². The highest BCUT2D eigenvalue weighted by Gasteiger charge is 2.19. The van der Waals surface area contributed by atoms with Gasteiger partial charge in [-0.05, 0) is 36.8 Å². The lowest BCUT2D eigenvalue weighted by atomic mass is 10.1. The van der Waals surface area contributed by atoms with Gasteiger partial charge in [-0.3, -0.25) is 9.97 Å². The van der Waals surface area contributed by atoms with Crippen molar-refractivity contribution >= 4 is 21.1 Å². The Morgan fingerprint density at radius 3 is 2.68 bits per heavy atom. The van der Waals surface area contributed by atoms with E-state index in [0.717, 1.165) is 5.56 Å². The molecule has 22 heavy (non-hydrogen) atoms. The lowest BCUT2D eigenvalue weighted by molar-refractivity contribution is 0.552. The van der Waals surface area contributed by atoms with Crippen LogP contribution in [0.2, 0.25) is 0 Å². The van der Waals surface area contributed by atoms with Crippen LogP contribution in [0.5, 0.6) is 0 Å². The van der Waals surface area contributed by atoms with Gasteiger partial charge in [0.25, 0.3) is 0 Å². The molecule has 7 nitrogen and oxygen atoms in total. The second kappa shape index (κ2) is 5.39. The van der Waals surface area contributed by atoms with Gasteiger partial charge in [0.15, 0.2) is 5.58 Å². The zero-order valence-electron chi connectivity index (χ0n) is 11.6. The van der Waals surface area contributed by atoms with E-state index in [1.54, 1.807) is 31.5 Å². The van der Waals surface area contributed by atoms with E-state index in [2.05, 4.69) is 14.7 Å². The molecule has 0 saturated carbocycles. The summed E-state index contributed by atoms with van der Waals surface area (Å²) in [5.41, 5.74) is 1.45. The first-order chi connectivity index (χ1) is 10.5. The summed E-state index contributed by atoms with van der Waals surface area (Å²) in [6.07, 6.45) is 3.20. The van der Waals surface area contributed by atoms with Crippen molar-refractivity contribution in [1.82, 2.24) is 14.7 Å². The molecule has 3 rings (SSSR count). The number of nitrogens with zero attached hydrogens (tertiary/aromatic N) is 1. The summed E-state index contributed by atoms with van der Waals surface area (Å²) in [5.74, 6) is -0.623. The van der Waals surface area contributed by atoms with Gasteiger partial charge in [0.1, 0.15) is 0 Å². The minimum absolute atomic E-state index is 0.0312. The van der Waals surface area contributed by atoms with Crippen LogP contribution in [0.15, 0.2) is 56.8 Å². The summed E-state index contributed by atoms with van der Waals surface area (Å²) < 4.78 is 32.3. The highest BCUT2D eigenvalue weighted by molar-refractivity contribution is 7.89. The van der Waals surface area contributed by atoms with Crippen molar-refractivity contribution in [2.75, 3.05) is 0 Å². The van der Waals surface area contributed by atoms with Crippen molar-refractivity contribution in [2.24, 2.45) is 0 Å². The van der Waals surface area contributed by atoms with E-state index in [1.807, 2.05) is 0 Å². The molecule has 1 unspecified atom stereocenters. The van der Waals surface area contributed by atoms with Gasteiger partial charge in [-0.1, -0.05) is 0 Å². The van der Waals surface area contributed by atoms with Crippen LogP contribution in [-0.2, 0) is 10.0 Å². The number of oxazole rings is 1. The third kappa shape index (κ3) is 2.78. The summed E-state index contributed by atoms with van der Waals surface area (Å²) in [5, 5.41) is 0. The average molecular weight is 319 g/mol. The van der Waals surface area contributed by atoms with Gasteiger partial charge in [-0.25, -0.2) is 17.9 Å². The number of H-pyrrole nitrogens is 1. The van der Waals surface area contributed by atoms with E-state index >= 15 is 0 Å². The highest BCUT2D eigenvalue weighted by atomic mass is 32.2. The molecule has 0 aliphatic carbocycles. The van der Waals surface area contributed by atoms with E-state index in [-0.39, 0.29) is 10.5 Å². The number of rotatable bonds is 4. The largest absolute Gasteiger partial charge is 0.417 e. The topological polar surface area (TPSA) is 105 Å². The summed E-state index contributed by atoms with van der Waals surface area (Å²) in [6.45, 7) is 1.74. The van der Waals surface area contributed by atoms with E-state index in [9.17, 15) is 13.2 Å². The minimum Gasteiger partial charge on any atom is -0.408 e. The molecule has 2 aromatic heterocycles. The van der Waals surface area contributed by atoms with Crippen molar-refractivity contribution in [3.8, 4) is 0 Å². The zero-order chi connectivity index (χ0) is 15.7.